The fourth-order valence-corrected chi connectivity index (χ4v) is 2.58. The maximum Gasteiger partial charge on any atom is 0.312 e. The highest BCUT2D eigenvalue weighted by Crippen LogP contribution is 2.16. The molecule has 1 atom stereocenters. The maximum atomic E-state index is 12.4. The van der Waals surface area contributed by atoms with E-state index in [0.29, 0.717) is 30.2 Å². The van der Waals surface area contributed by atoms with Crippen LogP contribution in [0, 0.1) is 0 Å². The van der Waals surface area contributed by atoms with Crippen LogP contribution in [0.15, 0.2) is 24.3 Å². The maximum absolute atomic E-state index is 12.4. The first-order valence-corrected chi connectivity index (χ1v) is 7.23. The topological polar surface area (TPSA) is 57.7 Å². The Labute approximate surface area is 128 Å². The molecule has 0 radical (unpaired) electrons. The smallest absolute Gasteiger partial charge is 0.312 e. The molecule has 0 aromatic heterocycles. The zero-order valence-corrected chi connectivity index (χ0v) is 12.8. The van der Waals surface area contributed by atoms with Gasteiger partial charge in [0.2, 0.25) is 0 Å². The third kappa shape index (κ3) is 3.08. The fraction of sp³-hybridized carbons (Fsp3) is 0.400. The number of benzene rings is 1. The van der Waals surface area contributed by atoms with Crippen LogP contribution in [0.25, 0.3) is 0 Å². The molecule has 112 valence electrons. The number of rotatable bonds is 4. The molecule has 21 heavy (non-hydrogen) atoms. The predicted molar refractivity (Wildman–Crippen MR) is 79.2 cm³/mol. The van der Waals surface area contributed by atoms with E-state index in [2.05, 4.69) is 0 Å². The number of piperazine rings is 1. The van der Waals surface area contributed by atoms with Crippen LogP contribution in [-0.4, -0.2) is 53.1 Å². The molecule has 0 aliphatic carbocycles. The van der Waals surface area contributed by atoms with E-state index < -0.39 is 17.9 Å². The summed E-state index contributed by atoms with van der Waals surface area (Å²) in [6.07, 6.45) is 0. The molecule has 1 aromatic carbocycles. The van der Waals surface area contributed by atoms with Crippen molar-refractivity contribution in [3.8, 4) is 0 Å². The summed E-state index contributed by atoms with van der Waals surface area (Å²) in [5.74, 6) is -1.39. The van der Waals surface area contributed by atoms with Crippen LogP contribution in [0.4, 0.5) is 0 Å². The SMILES string of the molecule is CCN1CCN(C(C)C(=O)c2cccc(Cl)c2)C(=O)C1=O. The summed E-state index contributed by atoms with van der Waals surface area (Å²) in [5, 5.41) is 0.464. The van der Waals surface area contributed by atoms with Crippen LogP contribution in [0.1, 0.15) is 24.2 Å². The van der Waals surface area contributed by atoms with E-state index in [9.17, 15) is 14.4 Å². The first-order valence-electron chi connectivity index (χ1n) is 6.85. The summed E-state index contributed by atoms with van der Waals surface area (Å²) in [7, 11) is 0. The minimum absolute atomic E-state index is 0.219. The number of nitrogens with zero attached hydrogens (tertiary/aromatic N) is 2. The average molecular weight is 309 g/mol. The third-order valence-electron chi connectivity index (χ3n) is 3.68. The first kappa shape index (κ1) is 15.5. The van der Waals surface area contributed by atoms with E-state index in [1.807, 2.05) is 6.92 Å². The van der Waals surface area contributed by atoms with Crippen molar-refractivity contribution in [1.82, 2.24) is 9.80 Å². The van der Waals surface area contributed by atoms with Crippen molar-refractivity contribution in [1.29, 1.82) is 0 Å². The van der Waals surface area contributed by atoms with Gasteiger partial charge in [-0.1, -0.05) is 23.7 Å². The molecule has 0 bridgehead atoms. The third-order valence-corrected chi connectivity index (χ3v) is 3.91. The minimum Gasteiger partial charge on any atom is -0.333 e. The first-order chi connectivity index (χ1) is 9.95. The van der Waals surface area contributed by atoms with E-state index in [-0.39, 0.29) is 5.78 Å². The second-order valence-corrected chi connectivity index (χ2v) is 5.37. The second-order valence-electron chi connectivity index (χ2n) is 4.93. The van der Waals surface area contributed by atoms with Gasteiger partial charge in [0, 0.05) is 30.2 Å². The Morgan fingerprint density at radius 1 is 1.29 bits per heavy atom. The number of amides is 2. The van der Waals surface area contributed by atoms with Crippen LogP contribution in [0.3, 0.4) is 0 Å². The molecule has 6 heteroatoms. The lowest BCUT2D eigenvalue weighted by Gasteiger charge is -2.36. The molecule has 2 amide bonds. The molecule has 0 spiro atoms. The lowest BCUT2D eigenvalue weighted by Crippen LogP contribution is -2.58. The van der Waals surface area contributed by atoms with Crippen molar-refractivity contribution in [3.05, 3.63) is 34.9 Å². The molecule has 0 saturated carbocycles. The molecule has 1 aromatic rings. The molecule has 1 unspecified atom stereocenters. The van der Waals surface area contributed by atoms with Crippen molar-refractivity contribution >= 4 is 29.2 Å². The van der Waals surface area contributed by atoms with Gasteiger partial charge in [-0.05, 0) is 26.0 Å². The number of ketones is 1. The second kappa shape index (κ2) is 6.26. The Hall–Kier alpha value is -1.88. The van der Waals surface area contributed by atoms with Crippen molar-refractivity contribution in [2.24, 2.45) is 0 Å². The summed E-state index contributed by atoms with van der Waals surface area (Å²) < 4.78 is 0. The standard InChI is InChI=1S/C15H17ClN2O3/c1-3-17-7-8-18(15(21)14(17)20)10(2)13(19)11-5-4-6-12(16)9-11/h4-6,9-10H,3,7-8H2,1-2H3. The lowest BCUT2D eigenvalue weighted by molar-refractivity contribution is -0.156. The number of likely N-dealkylation sites (N-methyl/N-ethyl adjacent to an activating group) is 1. The summed E-state index contributed by atoms with van der Waals surface area (Å²) >= 11 is 5.88. The van der Waals surface area contributed by atoms with Crippen molar-refractivity contribution in [2.45, 2.75) is 19.9 Å². The molecule has 1 heterocycles. The van der Waals surface area contributed by atoms with Gasteiger partial charge in [-0.15, -0.1) is 0 Å². The van der Waals surface area contributed by atoms with Gasteiger partial charge in [0.25, 0.3) is 0 Å². The molecule has 1 fully saturated rings. The van der Waals surface area contributed by atoms with Crippen LogP contribution in [-0.2, 0) is 9.59 Å². The minimum atomic E-state index is -0.682. The highest BCUT2D eigenvalue weighted by atomic mass is 35.5. The number of carbonyl (C=O) groups is 3. The number of halogens is 1. The highest BCUT2D eigenvalue weighted by Gasteiger charge is 2.36. The van der Waals surface area contributed by atoms with Gasteiger partial charge < -0.3 is 9.80 Å². The Morgan fingerprint density at radius 2 is 2.00 bits per heavy atom. The van der Waals surface area contributed by atoms with E-state index >= 15 is 0 Å². The van der Waals surface area contributed by atoms with E-state index in [0.717, 1.165) is 0 Å². The monoisotopic (exact) mass is 308 g/mol. The largest absolute Gasteiger partial charge is 0.333 e. The molecule has 1 aliphatic heterocycles. The molecular formula is C15H17ClN2O3. The lowest BCUT2D eigenvalue weighted by atomic mass is 10.0. The Kier molecular flexibility index (Phi) is 4.63. The van der Waals surface area contributed by atoms with Crippen LogP contribution in [0.5, 0.6) is 0 Å². The molecule has 2 rings (SSSR count). The Morgan fingerprint density at radius 3 is 2.62 bits per heavy atom. The van der Waals surface area contributed by atoms with Gasteiger partial charge in [-0.2, -0.15) is 0 Å². The number of carbonyl (C=O) groups excluding carboxylic acids is 3. The Balaban J connectivity index is 2.16. The predicted octanol–water partition coefficient (Wildman–Crippen LogP) is 1.60. The van der Waals surface area contributed by atoms with Gasteiger partial charge in [0.15, 0.2) is 5.78 Å². The summed E-state index contributed by atoms with van der Waals surface area (Å²) in [6, 6.07) is 5.90. The van der Waals surface area contributed by atoms with Crippen LogP contribution < -0.4 is 0 Å². The summed E-state index contributed by atoms with van der Waals surface area (Å²) in [5.41, 5.74) is 0.438. The zero-order valence-electron chi connectivity index (χ0n) is 12.0. The van der Waals surface area contributed by atoms with E-state index in [4.69, 9.17) is 11.6 Å². The molecule has 1 aliphatic rings. The van der Waals surface area contributed by atoms with Gasteiger partial charge >= 0.3 is 11.8 Å². The quantitative estimate of drug-likeness (QED) is 0.627. The van der Waals surface area contributed by atoms with Crippen LogP contribution in [0.2, 0.25) is 5.02 Å². The highest BCUT2D eigenvalue weighted by molar-refractivity contribution is 6.36. The van der Waals surface area contributed by atoms with Crippen molar-refractivity contribution in [2.75, 3.05) is 19.6 Å². The number of Topliss-reactive ketones (excluding diaryl/α,β-unsaturated/α-hetero) is 1. The van der Waals surface area contributed by atoms with E-state index in [1.165, 1.54) is 9.80 Å². The van der Waals surface area contributed by atoms with Gasteiger partial charge in [0.05, 0.1) is 6.04 Å². The molecular weight excluding hydrogens is 292 g/mol. The molecule has 5 nitrogen and oxygen atoms in total. The fourth-order valence-electron chi connectivity index (χ4n) is 2.39. The molecule has 0 N–H and O–H groups in total. The molecule has 1 saturated heterocycles. The van der Waals surface area contributed by atoms with Gasteiger partial charge in [-0.25, -0.2) is 0 Å². The van der Waals surface area contributed by atoms with Crippen LogP contribution >= 0.6 is 11.6 Å². The van der Waals surface area contributed by atoms with Crippen molar-refractivity contribution in [3.63, 3.8) is 0 Å². The summed E-state index contributed by atoms with van der Waals surface area (Å²) in [6.45, 7) is 4.77. The number of hydrogen-bond donors (Lipinski definition) is 0. The average Bonchev–Trinajstić information content (AvgIpc) is 2.48. The van der Waals surface area contributed by atoms with Crippen molar-refractivity contribution < 1.29 is 14.4 Å². The van der Waals surface area contributed by atoms with Gasteiger partial charge in [0.1, 0.15) is 0 Å². The number of hydrogen-bond acceptors (Lipinski definition) is 3. The van der Waals surface area contributed by atoms with E-state index in [1.54, 1.807) is 31.2 Å². The summed E-state index contributed by atoms with van der Waals surface area (Å²) in [4.78, 5) is 39.2. The van der Waals surface area contributed by atoms with Gasteiger partial charge in [-0.3, -0.25) is 14.4 Å². The normalized spacial score (nSPS) is 17.1. The Bertz CT molecular complexity index is 588. The zero-order chi connectivity index (χ0) is 15.6.